The van der Waals surface area contributed by atoms with E-state index < -0.39 is 0 Å². The van der Waals surface area contributed by atoms with E-state index in [0.29, 0.717) is 11.5 Å². The van der Waals surface area contributed by atoms with Crippen LogP contribution in [0.15, 0.2) is 60.7 Å². The van der Waals surface area contributed by atoms with Gasteiger partial charge >= 0.3 is 0 Å². The van der Waals surface area contributed by atoms with Gasteiger partial charge in [-0.05, 0) is 47.6 Å². The zero-order valence-electron chi connectivity index (χ0n) is 15.5. The maximum atomic E-state index is 12.8. The third-order valence-electron chi connectivity index (χ3n) is 5.33. The van der Waals surface area contributed by atoms with Gasteiger partial charge in [0.25, 0.3) is 5.91 Å². The zero-order valence-corrected chi connectivity index (χ0v) is 15.5. The van der Waals surface area contributed by atoms with E-state index in [1.165, 1.54) is 5.56 Å². The molecule has 3 aromatic rings. The minimum atomic E-state index is -0.204. The molecule has 4 heteroatoms. The lowest BCUT2D eigenvalue weighted by molar-refractivity contribution is -0.114. The van der Waals surface area contributed by atoms with Crippen LogP contribution in [0.3, 0.4) is 0 Å². The van der Waals surface area contributed by atoms with Crippen molar-refractivity contribution in [1.29, 1.82) is 0 Å². The minimum absolute atomic E-state index is 0.000257. The summed E-state index contributed by atoms with van der Waals surface area (Å²) in [5.41, 5.74) is 3.46. The molecule has 2 amide bonds. The monoisotopic (exact) mass is 358 g/mol. The quantitative estimate of drug-likeness (QED) is 0.701. The molecule has 1 unspecified atom stereocenters. The van der Waals surface area contributed by atoms with Crippen molar-refractivity contribution in [1.82, 2.24) is 0 Å². The minimum Gasteiger partial charge on any atom is -0.325 e. The highest BCUT2D eigenvalue weighted by molar-refractivity contribution is 6.26. The van der Waals surface area contributed by atoms with Gasteiger partial charge < -0.3 is 5.32 Å². The fourth-order valence-corrected chi connectivity index (χ4v) is 3.61. The molecule has 0 fully saturated rings. The van der Waals surface area contributed by atoms with E-state index in [9.17, 15) is 9.59 Å². The van der Waals surface area contributed by atoms with E-state index in [-0.39, 0.29) is 18.4 Å². The summed E-state index contributed by atoms with van der Waals surface area (Å²) < 4.78 is 0. The van der Waals surface area contributed by atoms with Crippen molar-refractivity contribution in [2.24, 2.45) is 0 Å². The van der Waals surface area contributed by atoms with Crippen LogP contribution in [0.4, 0.5) is 11.4 Å². The predicted molar refractivity (Wildman–Crippen MR) is 109 cm³/mol. The molecule has 1 N–H and O–H groups in total. The fraction of sp³-hybridized carbons (Fsp3) is 0.217. The molecule has 0 aliphatic carbocycles. The zero-order chi connectivity index (χ0) is 19.0. The van der Waals surface area contributed by atoms with Crippen LogP contribution in [0.25, 0.3) is 10.8 Å². The number of benzene rings is 3. The van der Waals surface area contributed by atoms with Gasteiger partial charge in [0.15, 0.2) is 0 Å². The summed E-state index contributed by atoms with van der Waals surface area (Å²) in [6.07, 6.45) is 1.08. The van der Waals surface area contributed by atoms with Gasteiger partial charge in [0.2, 0.25) is 5.91 Å². The molecule has 3 aromatic carbocycles. The van der Waals surface area contributed by atoms with Crippen molar-refractivity contribution in [2.75, 3.05) is 16.8 Å². The maximum Gasteiger partial charge on any atom is 0.259 e. The lowest BCUT2D eigenvalue weighted by Gasteiger charge is -2.17. The number of anilines is 2. The number of hydrogen-bond acceptors (Lipinski definition) is 2. The van der Waals surface area contributed by atoms with E-state index in [1.807, 2.05) is 60.7 Å². The van der Waals surface area contributed by atoms with Gasteiger partial charge in [-0.1, -0.05) is 50.2 Å². The van der Waals surface area contributed by atoms with Gasteiger partial charge in [-0.2, -0.15) is 0 Å². The number of carbonyl (C=O) groups is 2. The number of carbonyl (C=O) groups excluding carboxylic acids is 2. The predicted octanol–water partition coefficient (Wildman–Crippen LogP) is 4.95. The van der Waals surface area contributed by atoms with Crippen LogP contribution in [0.1, 0.15) is 42.1 Å². The second kappa shape index (κ2) is 6.88. The normalized spacial score (nSPS) is 13.9. The summed E-state index contributed by atoms with van der Waals surface area (Å²) in [6, 6.07) is 19.4. The second-order valence-electron chi connectivity index (χ2n) is 7.05. The molecule has 4 rings (SSSR count). The molecule has 136 valence electrons. The van der Waals surface area contributed by atoms with Crippen LogP contribution in [0, 0.1) is 0 Å². The first kappa shape index (κ1) is 17.3. The summed E-state index contributed by atoms with van der Waals surface area (Å²) in [6.45, 7) is 4.34. The number of hydrogen-bond donors (Lipinski definition) is 1. The Labute approximate surface area is 158 Å². The third kappa shape index (κ3) is 3.08. The maximum absolute atomic E-state index is 12.8. The lowest BCUT2D eigenvalue weighted by atomic mass is 9.99. The van der Waals surface area contributed by atoms with Crippen molar-refractivity contribution < 1.29 is 9.59 Å². The number of rotatable bonds is 5. The van der Waals surface area contributed by atoms with Crippen LogP contribution in [-0.2, 0) is 4.79 Å². The van der Waals surface area contributed by atoms with E-state index in [2.05, 4.69) is 19.2 Å². The van der Waals surface area contributed by atoms with Gasteiger partial charge in [0.05, 0.1) is 5.69 Å². The van der Waals surface area contributed by atoms with Crippen LogP contribution in [-0.4, -0.2) is 18.4 Å². The molecule has 0 bridgehead atoms. The van der Waals surface area contributed by atoms with Crippen LogP contribution in [0.2, 0.25) is 0 Å². The van der Waals surface area contributed by atoms with Gasteiger partial charge in [-0.25, -0.2) is 0 Å². The first-order chi connectivity index (χ1) is 13.1. The number of nitrogens with zero attached hydrogens (tertiary/aromatic N) is 1. The second-order valence-corrected chi connectivity index (χ2v) is 7.05. The van der Waals surface area contributed by atoms with E-state index >= 15 is 0 Å². The van der Waals surface area contributed by atoms with Crippen molar-refractivity contribution in [2.45, 2.75) is 26.2 Å². The Balaban J connectivity index is 1.51. The fourth-order valence-electron chi connectivity index (χ4n) is 3.61. The topological polar surface area (TPSA) is 49.4 Å². The Bertz CT molecular complexity index is 1020. The van der Waals surface area contributed by atoms with Crippen LogP contribution >= 0.6 is 0 Å². The highest BCUT2D eigenvalue weighted by Crippen LogP contribution is 2.36. The summed E-state index contributed by atoms with van der Waals surface area (Å²) in [5.74, 6) is 0.171. The highest BCUT2D eigenvalue weighted by Gasteiger charge is 2.30. The molecule has 0 saturated heterocycles. The molecule has 1 atom stereocenters. The van der Waals surface area contributed by atoms with Gasteiger partial charge in [-0.15, -0.1) is 0 Å². The molecule has 1 aliphatic heterocycles. The van der Waals surface area contributed by atoms with Gasteiger partial charge in [-0.3, -0.25) is 14.5 Å². The Kier molecular flexibility index (Phi) is 4.40. The standard InChI is InChI=1S/C23H22N2O2/c1-3-15(2)16-10-12-18(13-11-16)24-21(26)14-25-20-9-5-7-17-6-4-8-19(22(17)20)23(25)27/h4-13,15H,3,14H2,1-2H3,(H,24,26). The lowest BCUT2D eigenvalue weighted by Crippen LogP contribution is -2.35. The van der Waals surface area contributed by atoms with Gasteiger partial charge in [0, 0.05) is 16.6 Å². The molecular formula is C23H22N2O2. The number of nitrogens with one attached hydrogen (secondary N) is 1. The van der Waals surface area contributed by atoms with Crippen LogP contribution < -0.4 is 10.2 Å². The molecule has 4 nitrogen and oxygen atoms in total. The molecule has 0 radical (unpaired) electrons. The average molecular weight is 358 g/mol. The smallest absolute Gasteiger partial charge is 0.259 e. The van der Waals surface area contributed by atoms with E-state index in [4.69, 9.17) is 0 Å². The molecule has 0 spiro atoms. The average Bonchev–Trinajstić information content (AvgIpc) is 2.96. The Morgan fingerprint density at radius 1 is 1.04 bits per heavy atom. The van der Waals surface area contributed by atoms with Gasteiger partial charge in [0.1, 0.15) is 6.54 Å². The first-order valence-electron chi connectivity index (χ1n) is 9.32. The molecular weight excluding hydrogens is 336 g/mol. The van der Waals surface area contributed by atoms with Crippen molar-refractivity contribution in [3.8, 4) is 0 Å². The Morgan fingerprint density at radius 2 is 1.74 bits per heavy atom. The number of amides is 2. The van der Waals surface area contributed by atoms with Crippen molar-refractivity contribution in [3.63, 3.8) is 0 Å². The van der Waals surface area contributed by atoms with Crippen molar-refractivity contribution in [3.05, 3.63) is 71.8 Å². The Morgan fingerprint density at radius 3 is 2.44 bits per heavy atom. The summed E-state index contributed by atoms with van der Waals surface area (Å²) in [4.78, 5) is 26.9. The molecule has 0 saturated carbocycles. The van der Waals surface area contributed by atoms with E-state index in [0.717, 1.165) is 28.6 Å². The summed E-state index contributed by atoms with van der Waals surface area (Å²) in [7, 11) is 0. The third-order valence-corrected chi connectivity index (χ3v) is 5.33. The highest BCUT2D eigenvalue weighted by atomic mass is 16.2. The Hall–Kier alpha value is -3.14. The van der Waals surface area contributed by atoms with Crippen molar-refractivity contribution >= 4 is 34.0 Å². The molecule has 1 heterocycles. The summed E-state index contributed by atoms with van der Waals surface area (Å²) in [5, 5.41) is 4.84. The largest absolute Gasteiger partial charge is 0.325 e. The van der Waals surface area contributed by atoms with Crippen LogP contribution in [0.5, 0.6) is 0 Å². The SMILES string of the molecule is CCC(C)c1ccc(NC(=O)CN2C(=O)c3cccc4cccc2c34)cc1. The molecule has 1 aliphatic rings. The van der Waals surface area contributed by atoms with E-state index in [1.54, 1.807) is 4.90 Å². The first-order valence-corrected chi connectivity index (χ1v) is 9.32. The summed E-state index contributed by atoms with van der Waals surface area (Å²) >= 11 is 0. The molecule has 27 heavy (non-hydrogen) atoms. The molecule has 0 aromatic heterocycles.